The molecule has 0 aliphatic carbocycles. The van der Waals surface area contributed by atoms with Gasteiger partial charge in [0.05, 0.1) is 11.8 Å². The lowest BCUT2D eigenvalue weighted by molar-refractivity contribution is -0.120. The van der Waals surface area contributed by atoms with Gasteiger partial charge in [-0.15, -0.1) is 0 Å². The third kappa shape index (κ3) is 4.40. The highest BCUT2D eigenvalue weighted by atomic mass is 35.5. The second-order valence-corrected chi connectivity index (χ2v) is 8.04. The van der Waals surface area contributed by atoms with Crippen LogP contribution in [0.2, 0.25) is 0 Å². The maximum absolute atomic E-state index is 13.0. The summed E-state index contributed by atoms with van der Waals surface area (Å²) >= 11 is 6.23. The molecule has 1 saturated heterocycles. The second-order valence-electron chi connectivity index (χ2n) is 7.66. The molecule has 0 bridgehead atoms. The molecule has 2 N–H and O–H groups in total. The Bertz CT molecular complexity index is 1070. The minimum absolute atomic E-state index is 0.0122. The largest absolute Gasteiger partial charge is 0.376 e. The van der Waals surface area contributed by atoms with Crippen molar-refractivity contribution in [1.82, 2.24) is 5.32 Å². The average Bonchev–Trinajstić information content (AvgIpc) is 3.41. The molecular weight excluding hydrogens is 430 g/mol. The number of nitrogens with one attached hydrogen (secondary N) is 2. The normalized spacial score (nSPS) is 18.4. The Labute approximate surface area is 191 Å². The third-order valence-corrected chi connectivity index (χ3v) is 5.92. The first kappa shape index (κ1) is 22.0. The molecule has 2 aliphatic heterocycles. The topological polar surface area (TPSA) is 87.7 Å². The molecule has 7 nitrogen and oxygen atoms in total. The first-order chi connectivity index (χ1) is 15.5. The fraction of sp³-hybridized carbons (Fsp3) is 0.292. The standard InChI is InChI=1S/C24H24ClN3O4/c1-2-15-6-3-4-8-19(15)28-23(30)20(25)21(24(28)31)27-17-11-9-16(10-12-17)22(29)26-14-18-7-5-13-32-18/h3-4,6,8-12,18,27H,2,5,7,13-14H2,1H3,(H,26,29). The van der Waals surface area contributed by atoms with Crippen LogP contribution in [0.4, 0.5) is 11.4 Å². The molecule has 0 radical (unpaired) electrons. The molecule has 32 heavy (non-hydrogen) atoms. The number of hydrogen-bond acceptors (Lipinski definition) is 5. The average molecular weight is 454 g/mol. The fourth-order valence-electron chi connectivity index (χ4n) is 3.82. The highest BCUT2D eigenvalue weighted by molar-refractivity contribution is 6.53. The third-order valence-electron chi connectivity index (χ3n) is 5.57. The van der Waals surface area contributed by atoms with Crippen LogP contribution in [-0.4, -0.2) is 37.0 Å². The van der Waals surface area contributed by atoms with Gasteiger partial charge in [0.2, 0.25) is 0 Å². The van der Waals surface area contributed by atoms with Gasteiger partial charge >= 0.3 is 0 Å². The van der Waals surface area contributed by atoms with Crippen molar-refractivity contribution in [2.24, 2.45) is 0 Å². The van der Waals surface area contributed by atoms with Gasteiger partial charge in [-0.3, -0.25) is 14.4 Å². The van der Waals surface area contributed by atoms with E-state index in [2.05, 4.69) is 10.6 Å². The van der Waals surface area contributed by atoms with Crippen molar-refractivity contribution in [3.63, 3.8) is 0 Å². The molecule has 2 aromatic rings. The van der Waals surface area contributed by atoms with Crippen LogP contribution in [0.5, 0.6) is 0 Å². The van der Waals surface area contributed by atoms with Crippen LogP contribution in [0.15, 0.2) is 59.3 Å². The van der Waals surface area contributed by atoms with Gasteiger partial charge in [0.25, 0.3) is 17.7 Å². The van der Waals surface area contributed by atoms with E-state index in [0.29, 0.717) is 29.9 Å². The number of para-hydroxylation sites is 1. The molecule has 2 heterocycles. The van der Waals surface area contributed by atoms with Crippen molar-refractivity contribution in [3.8, 4) is 0 Å². The number of anilines is 2. The number of rotatable bonds is 7. The van der Waals surface area contributed by atoms with E-state index in [4.69, 9.17) is 16.3 Å². The van der Waals surface area contributed by atoms with Gasteiger partial charge in [-0.2, -0.15) is 0 Å². The van der Waals surface area contributed by atoms with Crippen molar-refractivity contribution in [2.45, 2.75) is 32.3 Å². The molecule has 1 unspecified atom stereocenters. The van der Waals surface area contributed by atoms with E-state index in [-0.39, 0.29) is 22.7 Å². The van der Waals surface area contributed by atoms with Gasteiger partial charge in [-0.05, 0) is 55.2 Å². The number of nitrogens with zero attached hydrogens (tertiary/aromatic N) is 1. The van der Waals surface area contributed by atoms with E-state index in [0.717, 1.165) is 29.9 Å². The summed E-state index contributed by atoms with van der Waals surface area (Å²) in [7, 11) is 0. The summed E-state index contributed by atoms with van der Waals surface area (Å²) in [4.78, 5) is 39.2. The van der Waals surface area contributed by atoms with Gasteiger partial charge in [0.1, 0.15) is 10.7 Å². The highest BCUT2D eigenvalue weighted by Gasteiger charge is 2.39. The minimum atomic E-state index is -0.565. The fourth-order valence-corrected chi connectivity index (χ4v) is 4.03. The summed E-state index contributed by atoms with van der Waals surface area (Å²) < 4.78 is 5.51. The Morgan fingerprint density at radius 1 is 1.12 bits per heavy atom. The predicted molar refractivity (Wildman–Crippen MR) is 123 cm³/mol. The zero-order valence-electron chi connectivity index (χ0n) is 17.7. The van der Waals surface area contributed by atoms with Crippen molar-refractivity contribution >= 4 is 40.7 Å². The van der Waals surface area contributed by atoms with E-state index in [1.165, 1.54) is 0 Å². The Morgan fingerprint density at radius 3 is 2.56 bits per heavy atom. The van der Waals surface area contributed by atoms with Gasteiger partial charge in [0, 0.05) is 24.4 Å². The van der Waals surface area contributed by atoms with Gasteiger partial charge in [-0.25, -0.2) is 4.90 Å². The summed E-state index contributed by atoms with van der Waals surface area (Å²) in [5, 5.41) is 5.64. The summed E-state index contributed by atoms with van der Waals surface area (Å²) in [6.07, 6.45) is 2.71. The monoisotopic (exact) mass is 453 g/mol. The van der Waals surface area contributed by atoms with Crippen molar-refractivity contribution in [2.75, 3.05) is 23.4 Å². The summed E-state index contributed by atoms with van der Waals surface area (Å²) in [5.41, 5.74) is 2.44. The second kappa shape index (κ2) is 9.54. The molecule has 2 aromatic carbocycles. The van der Waals surface area contributed by atoms with Crippen LogP contribution < -0.4 is 15.5 Å². The van der Waals surface area contributed by atoms with E-state index >= 15 is 0 Å². The lowest BCUT2D eigenvalue weighted by Crippen LogP contribution is -2.33. The molecule has 3 amide bonds. The number of imide groups is 1. The number of benzene rings is 2. The van der Waals surface area contributed by atoms with Crippen LogP contribution in [0.25, 0.3) is 0 Å². The molecule has 4 rings (SSSR count). The molecule has 8 heteroatoms. The molecule has 0 aromatic heterocycles. The van der Waals surface area contributed by atoms with Crippen LogP contribution in [-0.2, 0) is 20.7 Å². The van der Waals surface area contributed by atoms with Crippen LogP contribution in [0, 0.1) is 0 Å². The highest BCUT2D eigenvalue weighted by Crippen LogP contribution is 2.32. The van der Waals surface area contributed by atoms with Crippen molar-refractivity contribution in [3.05, 3.63) is 70.4 Å². The van der Waals surface area contributed by atoms with Crippen molar-refractivity contribution in [1.29, 1.82) is 0 Å². The van der Waals surface area contributed by atoms with E-state index < -0.39 is 11.8 Å². The number of ether oxygens (including phenoxy) is 1. The Morgan fingerprint density at radius 2 is 1.88 bits per heavy atom. The first-order valence-corrected chi connectivity index (χ1v) is 11.0. The van der Waals surface area contributed by atoms with E-state index in [1.807, 2.05) is 19.1 Å². The number of halogens is 1. The maximum Gasteiger partial charge on any atom is 0.283 e. The van der Waals surface area contributed by atoms with Gasteiger partial charge in [-0.1, -0.05) is 36.7 Å². The number of amides is 3. The van der Waals surface area contributed by atoms with Crippen molar-refractivity contribution < 1.29 is 19.1 Å². The number of hydrogen-bond donors (Lipinski definition) is 2. The van der Waals surface area contributed by atoms with Crippen LogP contribution in [0.1, 0.15) is 35.7 Å². The SMILES string of the molecule is CCc1ccccc1N1C(=O)C(Cl)=C(Nc2ccc(C(=O)NCC3CCCO3)cc2)C1=O. The van der Waals surface area contributed by atoms with Gasteiger partial charge in [0.15, 0.2) is 0 Å². The van der Waals surface area contributed by atoms with Crippen LogP contribution in [0.3, 0.4) is 0 Å². The quantitative estimate of drug-likeness (QED) is 0.625. The molecule has 0 saturated carbocycles. The Hall–Kier alpha value is -3.16. The molecule has 166 valence electrons. The number of carbonyl (C=O) groups excluding carboxylic acids is 3. The lowest BCUT2D eigenvalue weighted by atomic mass is 10.1. The molecule has 2 aliphatic rings. The zero-order valence-corrected chi connectivity index (χ0v) is 18.4. The Kier molecular flexibility index (Phi) is 6.58. The maximum atomic E-state index is 13.0. The van der Waals surface area contributed by atoms with Gasteiger partial charge < -0.3 is 15.4 Å². The minimum Gasteiger partial charge on any atom is -0.376 e. The van der Waals surface area contributed by atoms with Crippen LogP contribution >= 0.6 is 11.6 Å². The summed E-state index contributed by atoms with van der Waals surface area (Å²) in [6, 6.07) is 13.9. The smallest absolute Gasteiger partial charge is 0.283 e. The summed E-state index contributed by atoms with van der Waals surface area (Å²) in [5.74, 6) is -1.27. The summed E-state index contributed by atoms with van der Waals surface area (Å²) in [6.45, 7) is 3.17. The molecular formula is C24H24ClN3O4. The van der Waals surface area contributed by atoms with E-state index in [1.54, 1.807) is 36.4 Å². The number of carbonyl (C=O) groups is 3. The predicted octanol–water partition coefficient (Wildman–Crippen LogP) is 3.59. The molecule has 1 atom stereocenters. The zero-order chi connectivity index (χ0) is 22.7. The first-order valence-electron chi connectivity index (χ1n) is 10.6. The number of aryl methyl sites for hydroxylation is 1. The van der Waals surface area contributed by atoms with E-state index in [9.17, 15) is 14.4 Å². The lowest BCUT2D eigenvalue weighted by Gasteiger charge is -2.18. The molecule has 1 fully saturated rings. The molecule has 0 spiro atoms. The Balaban J connectivity index is 1.44.